The minimum atomic E-state index is 0.141. The van der Waals surface area contributed by atoms with Crippen molar-refractivity contribution < 1.29 is 4.79 Å². The number of amides is 1. The molecule has 2 N–H and O–H groups in total. The highest BCUT2D eigenvalue weighted by atomic mass is 16.2. The second-order valence-electron chi connectivity index (χ2n) is 5.63. The Morgan fingerprint density at radius 2 is 2.21 bits per heavy atom. The fraction of sp³-hybridized carbons (Fsp3) is 0.533. The minimum Gasteiger partial charge on any atom is -0.399 e. The van der Waals surface area contributed by atoms with Crippen LogP contribution in [0.15, 0.2) is 18.2 Å². The molecule has 1 aromatic carbocycles. The summed E-state index contributed by atoms with van der Waals surface area (Å²) in [6, 6.07) is 5.85. The van der Waals surface area contributed by atoms with Crippen LogP contribution in [-0.4, -0.2) is 48.9 Å². The number of hydrogen-bond acceptors (Lipinski definition) is 3. The maximum Gasteiger partial charge on any atom is 0.254 e. The van der Waals surface area contributed by atoms with E-state index in [2.05, 4.69) is 19.0 Å². The van der Waals surface area contributed by atoms with E-state index in [1.54, 1.807) is 6.07 Å². The fourth-order valence-corrected chi connectivity index (χ4v) is 2.80. The van der Waals surface area contributed by atoms with Gasteiger partial charge in [0.05, 0.1) is 0 Å². The van der Waals surface area contributed by atoms with E-state index in [1.165, 1.54) is 0 Å². The molecule has 1 heterocycles. The van der Waals surface area contributed by atoms with Crippen molar-refractivity contribution in [1.82, 2.24) is 9.80 Å². The SMILES string of the molecule is Cc1cc(N)ccc1C(=O)N1CCCC1CN(C)C. The largest absolute Gasteiger partial charge is 0.399 e. The number of aryl methyl sites for hydroxylation is 1. The lowest BCUT2D eigenvalue weighted by Gasteiger charge is -2.27. The summed E-state index contributed by atoms with van der Waals surface area (Å²) in [5.41, 5.74) is 8.19. The first-order chi connectivity index (χ1) is 8.99. The van der Waals surface area contributed by atoms with Crippen LogP contribution in [0.4, 0.5) is 5.69 Å². The first-order valence-electron chi connectivity index (χ1n) is 6.81. The Hall–Kier alpha value is -1.55. The molecule has 0 radical (unpaired) electrons. The highest BCUT2D eigenvalue weighted by molar-refractivity contribution is 5.96. The number of anilines is 1. The minimum absolute atomic E-state index is 0.141. The van der Waals surface area contributed by atoms with E-state index < -0.39 is 0 Å². The third-order valence-electron chi connectivity index (χ3n) is 3.69. The number of likely N-dealkylation sites (tertiary alicyclic amines) is 1. The average Bonchev–Trinajstić information content (AvgIpc) is 2.75. The quantitative estimate of drug-likeness (QED) is 0.843. The van der Waals surface area contributed by atoms with Gasteiger partial charge in [0, 0.05) is 30.4 Å². The van der Waals surface area contributed by atoms with Crippen molar-refractivity contribution in [2.75, 3.05) is 32.9 Å². The number of likely N-dealkylation sites (N-methyl/N-ethyl adjacent to an activating group) is 1. The van der Waals surface area contributed by atoms with Crippen molar-refractivity contribution in [3.8, 4) is 0 Å². The number of carbonyl (C=O) groups excluding carboxylic acids is 1. The Morgan fingerprint density at radius 1 is 1.47 bits per heavy atom. The summed E-state index contributed by atoms with van der Waals surface area (Å²) in [6.45, 7) is 3.74. The molecule has 1 aliphatic heterocycles. The van der Waals surface area contributed by atoms with Gasteiger partial charge in [0.1, 0.15) is 0 Å². The zero-order valence-electron chi connectivity index (χ0n) is 12.0. The summed E-state index contributed by atoms with van der Waals surface area (Å²) in [7, 11) is 4.10. The molecule has 1 saturated heterocycles. The number of carbonyl (C=O) groups is 1. The lowest BCUT2D eigenvalue weighted by molar-refractivity contribution is 0.0716. The first-order valence-corrected chi connectivity index (χ1v) is 6.81. The normalized spacial score (nSPS) is 19.2. The summed E-state index contributed by atoms with van der Waals surface area (Å²) in [5, 5.41) is 0. The number of nitrogens with zero attached hydrogens (tertiary/aromatic N) is 2. The molecule has 1 aliphatic rings. The molecular weight excluding hydrogens is 238 g/mol. The van der Waals surface area contributed by atoms with Gasteiger partial charge in [-0.3, -0.25) is 4.79 Å². The highest BCUT2D eigenvalue weighted by Gasteiger charge is 2.30. The van der Waals surface area contributed by atoms with Gasteiger partial charge >= 0.3 is 0 Å². The molecule has 0 aromatic heterocycles. The molecule has 1 fully saturated rings. The van der Waals surface area contributed by atoms with Crippen molar-refractivity contribution in [1.29, 1.82) is 0 Å². The molecule has 0 spiro atoms. The topological polar surface area (TPSA) is 49.6 Å². The Bertz CT molecular complexity index is 470. The molecule has 0 aliphatic carbocycles. The van der Waals surface area contributed by atoms with E-state index in [0.29, 0.717) is 11.7 Å². The monoisotopic (exact) mass is 261 g/mol. The van der Waals surface area contributed by atoms with Gasteiger partial charge < -0.3 is 15.5 Å². The molecule has 1 unspecified atom stereocenters. The molecule has 0 saturated carbocycles. The summed E-state index contributed by atoms with van der Waals surface area (Å²) in [4.78, 5) is 16.8. The van der Waals surface area contributed by atoms with Crippen LogP contribution in [0.1, 0.15) is 28.8 Å². The number of nitrogens with two attached hydrogens (primary N) is 1. The lowest BCUT2D eigenvalue weighted by atomic mass is 10.1. The standard InChI is InChI=1S/C15H23N3O/c1-11-9-12(16)6-7-14(11)15(19)18-8-4-5-13(18)10-17(2)3/h6-7,9,13H,4-5,8,10,16H2,1-3H3. The summed E-state index contributed by atoms with van der Waals surface area (Å²) >= 11 is 0. The molecule has 19 heavy (non-hydrogen) atoms. The van der Waals surface area contributed by atoms with Gasteiger partial charge in [-0.2, -0.15) is 0 Å². The Kier molecular flexibility index (Phi) is 4.10. The molecule has 1 aromatic rings. The van der Waals surface area contributed by atoms with Crippen molar-refractivity contribution in [2.24, 2.45) is 0 Å². The lowest BCUT2D eigenvalue weighted by Crippen LogP contribution is -2.41. The van der Waals surface area contributed by atoms with Crippen LogP contribution >= 0.6 is 0 Å². The zero-order valence-corrected chi connectivity index (χ0v) is 12.0. The van der Waals surface area contributed by atoms with Crippen LogP contribution < -0.4 is 5.73 Å². The second kappa shape index (κ2) is 5.61. The molecule has 0 bridgehead atoms. The van der Waals surface area contributed by atoms with Crippen LogP contribution in [0.5, 0.6) is 0 Å². The molecule has 1 amide bonds. The van der Waals surface area contributed by atoms with Crippen LogP contribution in [0.3, 0.4) is 0 Å². The van der Waals surface area contributed by atoms with Crippen molar-refractivity contribution in [3.05, 3.63) is 29.3 Å². The second-order valence-corrected chi connectivity index (χ2v) is 5.63. The first kappa shape index (κ1) is 13.9. The van der Waals surface area contributed by atoms with E-state index in [1.807, 2.05) is 24.0 Å². The van der Waals surface area contributed by atoms with Gasteiger partial charge in [0.2, 0.25) is 0 Å². The maximum atomic E-state index is 12.6. The Labute approximate surface area is 115 Å². The number of rotatable bonds is 3. The predicted molar refractivity (Wildman–Crippen MR) is 78.2 cm³/mol. The van der Waals surface area contributed by atoms with Gasteiger partial charge in [-0.15, -0.1) is 0 Å². The molecule has 104 valence electrons. The van der Waals surface area contributed by atoms with Gasteiger partial charge in [-0.1, -0.05) is 0 Å². The third kappa shape index (κ3) is 3.07. The highest BCUT2D eigenvalue weighted by Crippen LogP contribution is 2.22. The number of nitrogen functional groups attached to an aromatic ring is 1. The number of benzene rings is 1. The van der Waals surface area contributed by atoms with Crippen molar-refractivity contribution in [3.63, 3.8) is 0 Å². The van der Waals surface area contributed by atoms with Gasteiger partial charge in [0.25, 0.3) is 5.91 Å². The van der Waals surface area contributed by atoms with E-state index in [0.717, 1.165) is 37.1 Å². The van der Waals surface area contributed by atoms with Crippen LogP contribution in [0.2, 0.25) is 0 Å². The Morgan fingerprint density at radius 3 is 2.84 bits per heavy atom. The molecule has 4 nitrogen and oxygen atoms in total. The van der Waals surface area contributed by atoms with Gasteiger partial charge in [0.15, 0.2) is 0 Å². The maximum absolute atomic E-state index is 12.6. The van der Waals surface area contributed by atoms with E-state index in [4.69, 9.17) is 5.73 Å². The molecule has 2 rings (SSSR count). The predicted octanol–water partition coefficient (Wildman–Crippen LogP) is 1.74. The molecule has 4 heteroatoms. The number of hydrogen-bond donors (Lipinski definition) is 1. The van der Waals surface area contributed by atoms with Crippen molar-refractivity contribution >= 4 is 11.6 Å². The van der Waals surface area contributed by atoms with Crippen molar-refractivity contribution in [2.45, 2.75) is 25.8 Å². The van der Waals surface area contributed by atoms with Gasteiger partial charge in [-0.25, -0.2) is 0 Å². The average molecular weight is 261 g/mol. The van der Waals surface area contributed by atoms with Crippen LogP contribution in [0, 0.1) is 6.92 Å². The Balaban J connectivity index is 2.18. The molecule has 1 atom stereocenters. The van der Waals surface area contributed by atoms with Crippen LogP contribution in [-0.2, 0) is 0 Å². The summed E-state index contributed by atoms with van der Waals surface area (Å²) in [5.74, 6) is 0.141. The smallest absolute Gasteiger partial charge is 0.254 e. The third-order valence-corrected chi connectivity index (χ3v) is 3.69. The zero-order chi connectivity index (χ0) is 14.0. The summed E-state index contributed by atoms with van der Waals surface area (Å²) in [6.07, 6.45) is 2.19. The van der Waals surface area contributed by atoms with E-state index in [-0.39, 0.29) is 5.91 Å². The summed E-state index contributed by atoms with van der Waals surface area (Å²) < 4.78 is 0. The fourth-order valence-electron chi connectivity index (χ4n) is 2.80. The molecular formula is C15H23N3O. The van der Waals surface area contributed by atoms with E-state index >= 15 is 0 Å². The van der Waals surface area contributed by atoms with Gasteiger partial charge in [-0.05, 0) is 57.6 Å². The van der Waals surface area contributed by atoms with Crippen LogP contribution in [0.25, 0.3) is 0 Å². The van der Waals surface area contributed by atoms with E-state index in [9.17, 15) is 4.79 Å².